The molecule has 2 aromatic carbocycles. The molecule has 2 rings (SSSR count). The Bertz CT molecular complexity index is 506. The molecule has 0 heterocycles. The molecule has 0 spiro atoms. The van der Waals surface area contributed by atoms with E-state index in [1.54, 1.807) is 24.3 Å². The van der Waals surface area contributed by atoms with Crippen molar-refractivity contribution in [2.24, 2.45) is 0 Å². The molecule has 0 aliphatic rings. The summed E-state index contributed by atoms with van der Waals surface area (Å²) >= 11 is 11.7. The topological polar surface area (TPSA) is 35.2 Å². The first kappa shape index (κ1) is 12.1. The summed E-state index contributed by atoms with van der Waals surface area (Å²) in [5.41, 5.74) is 7.27. The van der Waals surface area contributed by atoms with Gasteiger partial charge in [-0.15, -0.1) is 0 Å². The summed E-state index contributed by atoms with van der Waals surface area (Å²) in [6.07, 6.45) is 0. The Morgan fingerprint density at radius 3 is 2.12 bits per heavy atom. The Balaban J connectivity index is 2.31. The van der Waals surface area contributed by atoms with Gasteiger partial charge in [0.15, 0.2) is 0 Å². The van der Waals surface area contributed by atoms with Crippen LogP contribution in [0.2, 0.25) is 10.0 Å². The van der Waals surface area contributed by atoms with Crippen LogP contribution in [0.5, 0.6) is 11.5 Å². The molecule has 0 atom stereocenters. The third kappa shape index (κ3) is 2.84. The molecule has 88 valence electrons. The molecule has 2 N–H and O–H groups in total. The van der Waals surface area contributed by atoms with Gasteiger partial charge in [0.1, 0.15) is 11.5 Å². The molecule has 0 bridgehead atoms. The van der Waals surface area contributed by atoms with Crippen LogP contribution in [0.15, 0.2) is 36.4 Å². The van der Waals surface area contributed by atoms with E-state index in [0.717, 1.165) is 11.3 Å². The average molecular weight is 268 g/mol. The fourth-order valence-electron chi connectivity index (χ4n) is 1.46. The Morgan fingerprint density at radius 2 is 1.53 bits per heavy atom. The fourth-order valence-corrected chi connectivity index (χ4v) is 1.87. The van der Waals surface area contributed by atoms with Gasteiger partial charge in [-0.25, -0.2) is 0 Å². The van der Waals surface area contributed by atoms with E-state index in [-0.39, 0.29) is 0 Å². The Kier molecular flexibility index (Phi) is 3.46. The molecule has 0 unspecified atom stereocenters. The highest BCUT2D eigenvalue weighted by molar-refractivity contribution is 6.31. The minimum atomic E-state index is 0.506. The van der Waals surface area contributed by atoms with Gasteiger partial charge in [-0.1, -0.05) is 23.2 Å². The van der Waals surface area contributed by atoms with Gasteiger partial charge in [0.05, 0.1) is 5.69 Å². The molecule has 0 aromatic heterocycles. The van der Waals surface area contributed by atoms with Gasteiger partial charge in [-0.05, 0) is 48.9 Å². The van der Waals surface area contributed by atoms with Crippen molar-refractivity contribution in [2.75, 3.05) is 5.73 Å². The highest BCUT2D eigenvalue weighted by atomic mass is 35.5. The molecule has 0 aliphatic carbocycles. The number of ether oxygens (including phenoxy) is 1. The van der Waals surface area contributed by atoms with E-state index in [2.05, 4.69) is 0 Å². The molecular weight excluding hydrogens is 257 g/mol. The first-order chi connectivity index (χ1) is 8.06. The number of anilines is 1. The van der Waals surface area contributed by atoms with Crippen molar-refractivity contribution >= 4 is 28.9 Å². The second-order valence-electron chi connectivity index (χ2n) is 3.69. The number of aryl methyl sites for hydroxylation is 1. The molecule has 2 nitrogen and oxygen atoms in total. The predicted molar refractivity (Wildman–Crippen MR) is 72.1 cm³/mol. The summed E-state index contributed by atoms with van der Waals surface area (Å²) < 4.78 is 5.71. The molecule has 17 heavy (non-hydrogen) atoms. The van der Waals surface area contributed by atoms with Gasteiger partial charge >= 0.3 is 0 Å². The number of nitrogens with two attached hydrogens (primary N) is 1. The second-order valence-corrected chi connectivity index (χ2v) is 4.57. The van der Waals surface area contributed by atoms with Crippen molar-refractivity contribution in [3.63, 3.8) is 0 Å². The third-order valence-electron chi connectivity index (χ3n) is 2.33. The van der Waals surface area contributed by atoms with Crippen molar-refractivity contribution < 1.29 is 4.74 Å². The Morgan fingerprint density at radius 1 is 0.941 bits per heavy atom. The van der Waals surface area contributed by atoms with Crippen LogP contribution >= 0.6 is 23.2 Å². The van der Waals surface area contributed by atoms with Crippen LogP contribution in [-0.2, 0) is 0 Å². The molecule has 0 aliphatic heterocycles. The number of rotatable bonds is 2. The number of halogens is 2. The van der Waals surface area contributed by atoms with Gasteiger partial charge in [-0.3, -0.25) is 0 Å². The zero-order chi connectivity index (χ0) is 12.4. The lowest BCUT2D eigenvalue weighted by Gasteiger charge is -2.11. The average Bonchev–Trinajstić information content (AvgIpc) is 2.25. The maximum Gasteiger partial charge on any atom is 0.150 e. The van der Waals surface area contributed by atoms with Crippen LogP contribution in [0.4, 0.5) is 5.69 Å². The van der Waals surface area contributed by atoms with E-state index < -0.39 is 0 Å². The Labute approximate surface area is 110 Å². The standard InChI is InChI=1S/C13H11Cl2NO/c1-8-6-9(14)2-4-12(8)17-13-5-3-10(15)7-11(13)16/h2-7H,16H2,1H3. The lowest BCUT2D eigenvalue weighted by atomic mass is 10.2. The quantitative estimate of drug-likeness (QED) is 0.803. The maximum absolute atomic E-state index is 5.87. The molecule has 2 aromatic rings. The fraction of sp³-hybridized carbons (Fsp3) is 0.0769. The number of benzene rings is 2. The molecule has 0 saturated heterocycles. The highest BCUT2D eigenvalue weighted by Crippen LogP contribution is 2.32. The maximum atomic E-state index is 5.87. The lowest BCUT2D eigenvalue weighted by Crippen LogP contribution is -1.93. The summed E-state index contributed by atoms with van der Waals surface area (Å²) in [7, 11) is 0. The van der Waals surface area contributed by atoms with Crippen LogP contribution < -0.4 is 10.5 Å². The number of hydrogen-bond donors (Lipinski definition) is 1. The van der Waals surface area contributed by atoms with E-state index >= 15 is 0 Å². The smallest absolute Gasteiger partial charge is 0.150 e. The molecule has 0 fully saturated rings. The SMILES string of the molecule is Cc1cc(Cl)ccc1Oc1ccc(Cl)cc1N. The molecule has 0 amide bonds. The van der Waals surface area contributed by atoms with Crippen molar-refractivity contribution in [1.82, 2.24) is 0 Å². The zero-order valence-electron chi connectivity index (χ0n) is 9.21. The molecule has 0 saturated carbocycles. The highest BCUT2D eigenvalue weighted by Gasteiger charge is 2.05. The summed E-state index contributed by atoms with van der Waals surface area (Å²) in [6.45, 7) is 1.92. The summed E-state index contributed by atoms with van der Waals surface area (Å²) in [5, 5.41) is 1.27. The van der Waals surface area contributed by atoms with Crippen LogP contribution in [0, 0.1) is 6.92 Å². The first-order valence-corrected chi connectivity index (χ1v) is 5.81. The van der Waals surface area contributed by atoms with Gasteiger partial charge < -0.3 is 10.5 Å². The first-order valence-electron chi connectivity index (χ1n) is 5.05. The third-order valence-corrected chi connectivity index (χ3v) is 2.80. The van der Waals surface area contributed by atoms with E-state index in [0.29, 0.717) is 21.5 Å². The van der Waals surface area contributed by atoms with E-state index in [4.69, 9.17) is 33.7 Å². The van der Waals surface area contributed by atoms with Crippen LogP contribution in [0.25, 0.3) is 0 Å². The van der Waals surface area contributed by atoms with E-state index in [9.17, 15) is 0 Å². The van der Waals surface area contributed by atoms with Gasteiger partial charge in [0.25, 0.3) is 0 Å². The van der Waals surface area contributed by atoms with Gasteiger partial charge in [-0.2, -0.15) is 0 Å². The van der Waals surface area contributed by atoms with Gasteiger partial charge in [0, 0.05) is 10.0 Å². The summed E-state index contributed by atoms with van der Waals surface area (Å²) in [5.74, 6) is 1.31. The van der Waals surface area contributed by atoms with Crippen LogP contribution in [0.1, 0.15) is 5.56 Å². The van der Waals surface area contributed by atoms with Crippen molar-refractivity contribution in [3.8, 4) is 11.5 Å². The Hall–Kier alpha value is -1.38. The van der Waals surface area contributed by atoms with E-state index in [1.165, 1.54) is 0 Å². The van der Waals surface area contributed by atoms with Gasteiger partial charge in [0.2, 0.25) is 0 Å². The summed E-state index contributed by atoms with van der Waals surface area (Å²) in [6, 6.07) is 10.6. The van der Waals surface area contributed by atoms with Crippen molar-refractivity contribution in [2.45, 2.75) is 6.92 Å². The van der Waals surface area contributed by atoms with Crippen LogP contribution in [0.3, 0.4) is 0 Å². The molecule has 0 radical (unpaired) electrons. The number of hydrogen-bond acceptors (Lipinski definition) is 2. The van der Waals surface area contributed by atoms with E-state index in [1.807, 2.05) is 19.1 Å². The largest absolute Gasteiger partial charge is 0.455 e. The normalized spacial score (nSPS) is 10.3. The second kappa shape index (κ2) is 4.86. The predicted octanol–water partition coefficient (Wildman–Crippen LogP) is 4.68. The van der Waals surface area contributed by atoms with Crippen LogP contribution in [-0.4, -0.2) is 0 Å². The lowest BCUT2D eigenvalue weighted by molar-refractivity contribution is 0.481. The molecular formula is C13H11Cl2NO. The minimum Gasteiger partial charge on any atom is -0.455 e. The minimum absolute atomic E-state index is 0.506. The number of nitrogen functional groups attached to an aromatic ring is 1. The monoisotopic (exact) mass is 267 g/mol. The molecule has 4 heteroatoms. The van der Waals surface area contributed by atoms with Crippen molar-refractivity contribution in [1.29, 1.82) is 0 Å². The zero-order valence-corrected chi connectivity index (χ0v) is 10.7. The summed E-state index contributed by atoms with van der Waals surface area (Å²) in [4.78, 5) is 0. The van der Waals surface area contributed by atoms with Crippen molar-refractivity contribution in [3.05, 3.63) is 52.0 Å².